The number of hydrogen-bond donors (Lipinski definition) is 3. The van der Waals surface area contributed by atoms with E-state index in [0.29, 0.717) is 29.0 Å². The first-order chi connectivity index (χ1) is 12.6. The lowest BCUT2D eigenvalue weighted by Gasteiger charge is -2.40. The molecule has 0 heterocycles. The number of aliphatic imine (C=N–C) groups is 1. The van der Waals surface area contributed by atoms with Gasteiger partial charge in [-0.25, -0.2) is 0 Å². The molecule has 2 rings (SSSR count). The summed E-state index contributed by atoms with van der Waals surface area (Å²) in [4.78, 5) is 4.75. The topological polar surface area (TPSA) is 75.1 Å². The van der Waals surface area contributed by atoms with Crippen LogP contribution in [0.15, 0.2) is 23.2 Å². The van der Waals surface area contributed by atoms with Crippen molar-refractivity contribution in [1.82, 2.24) is 10.6 Å². The van der Waals surface area contributed by atoms with Crippen LogP contribution in [0.1, 0.15) is 51.2 Å². The fourth-order valence-electron chi connectivity index (χ4n) is 3.29. The minimum absolute atomic E-state index is 0. The van der Waals surface area contributed by atoms with Crippen LogP contribution < -0.4 is 20.1 Å². The molecule has 0 aromatic heterocycles. The molecule has 6 nitrogen and oxygen atoms in total. The monoisotopic (exact) mass is 491 g/mol. The third-order valence-electron chi connectivity index (χ3n) is 5.34. The third kappa shape index (κ3) is 6.41. The zero-order chi connectivity index (χ0) is 19.0. The average molecular weight is 491 g/mol. The van der Waals surface area contributed by atoms with Gasteiger partial charge in [0, 0.05) is 25.2 Å². The molecule has 1 saturated carbocycles. The molecule has 154 valence electrons. The molecule has 1 aromatic rings. The summed E-state index contributed by atoms with van der Waals surface area (Å²) in [6.45, 7) is 6.24. The highest BCUT2D eigenvalue weighted by Gasteiger charge is 2.34. The summed E-state index contributed by atoms with van der Waals surface area (Å²) in [5, 5.41) is 17.1. The summed E-state index contributed by atoms with van der Waals surface area (Å²) in [7, 11) is 3.20. The average Bonchev–Trinajstić information content (AvgIpc) is 2.64. The molecule has 1 aliphatic rings. The Labute approximate surface area is 180 Å². The van der Waals surface area contributed by atoms with Crippen molar-refractivity contribution in [3.8, 4) is 11.5 Å². The lowest BCUT2D eigenvalue weighted by molar-refractivity contribution is 0.139. The number of ether oxygens (including phenoxy) is 2. The van der Waals surface area contributed by atoms with Crippen LogP contribution in [0.3, 0.4) is 0 Å². The largest absolute Gasteiger partial charge is 0.497 e. The first kappa shape index (κ1) is 23.8. The second kappa shape index (κ2) is 11.6. The Kier molecular flexibility index (Phi) is 10.2. The quantitative estimate of drug-likeness (QED) is 0.280. The molecule has 0 aliphatic heterocycles. The maximum atomic E-state index is 10.6. The Bertz CT molecular complexity index is 601. The molecule has 0 amide bonds. The van der Waals surface area contributed by atoms with Gasteiger partial charge in [0.25, 0.3) is 0 Å². The Hall–Kier alpha value is -1.22. The zero-order valence-electron chi connectivity index (χ0n) is 16.9. The SMILES string of the molecule is CCNC(=NCC1(CC)CCC1)NCC(O)c1cc(OC)ccc1OC.I. The van der Waals surface area contributed by atoms with E-state index < -0.39 is 6.10 Å². The van der Waals surface area contributed by atoms with Crippen LogP contribution in [-0.4, -0.2) is 44.9 Å². The third-order valence-corrected chi connectivity index (χ3v) is 5.34. The van der Waals surface area contributed by atoms with Crippen molar-refractivity contribution in [1.29, 1.82) is 0 Å². The molecule has 1 aliphatic carbocycles. The molecule has 1 aromatic carbocycles. The van der Waals surface area contributed by atoms with Gasteiger partial charge in [0.1, 0.15) is 11.5 Å². The van der Waals surface area contributed by atoms with E-state index in [1.807, 2.05) is 13.0 Å². The van der Waals surface area contributed by atoms with Crippen molar-refractivity contribution in [2.75, 3.05) is 33.9 Å². The van der Waals surface area contributed by atoms with E-state index in [1.54, 1.807) is 26.4 Å². The van der Waals surface area contributed by atoms with E-state index in [-0.39, 0.29) is 24.0 Å². The second-order valence-corrected chi connectivity index (χ2v) is 6.91. The van der Waals surface area contributed by atoms with Crippen LogP contribution in [-0.2, 0) is 0 Å². The zero-order valence-corrected chi connectivity index (χ0v) is 19.2. The van der Waals surface area contributed by atoms with Gasteiger partial charge >= 0.3 is 0 Å². The summed E-state index contributed by atoms with van der Waals surface area (Å²) in [6, 6.07) is 5.42. The van der Waals surface area contributed by atoms with Crippen LogP contribution in [0.5, 0.6) is 11.5 Å². The summed E-state index contributed by atoms with van der Waals surface area (Å²) >= 11 is 0. The van der Waals surface area contributed by atoms with Crippen molar-refractivity contribution < 1.29 is 14.6 Å². The van der Waals surface area contributed by atoms with Gasteiger partial charge in [-0.2, -0.15) is 0 Å². The van der Waals surface area contributed by atoms with Crippen LogP contribution in [0, 0.1) is 5.41 Å². The molecule has 0 saturated heterocycles. The fraction of sp³-hybridized carbons (Fsp3) is 0.650. The molecule has 1 unspecified atom stereocenters. The van der Waals surface area contributed by atoms with Gasteiger partial charge in [-0.05, 0) is 49.8 Å². The highest BCUT2D eigenvalue weighted by molar-refractivity contribution is 14.0. The second-order valence-electron chi connectivity index (χ2n) is 6.91. The number of nitrogens with one attached hydrogen (secondary N) is 2. The summed E-state index contributed by atoms with van der Waals surface area (Å²) in [5.41, 5.74) is 1.07. The number of aliphatic hydroxyl groups excluding tert-OH is 1. The van der Waals surface area contributed by atoms with Gasteiger partial charge in [-0.3, -0.25) is 4.99 Å². The molecular weight excluding hydrogens is 457 g/mol. The van der Waals surface area contributed by atoms with Crippen LogP contribution >= 0.6 is 24.0 Å². The van der Waals surface area contributed by atoms with E-state index in [0.717, 1.165) is 19.0 Å². The maximum absolute atomic E-state index is 10.6. The number of hydrogen-bond acceptors (Lipinski definition) is 4. The number of benzene rings is 1. The van der Waals surface area contributed by atoms with Gasteiger partial charge in [-0.1, -0.05) is 13.3 Å². The number of rotatable bonds is 9. The van der Waals surface area contributed by atoms with Crippen molar-refractivity contribution in [2.24, 2.45) is 10.4 Å². The van der Waals surface area contributed by atoms with Gasteiger partial charge in [0.05, 0.1) is 20.3 Å². The maximum Gasteiger partial charge on any atom is 0.191 e. The van der Waals surface area contributed by atoms with Crippen LogP contribution in [0.2, 0.25) is 0 Å². The Morgan fingerprint density at radius 3 is 2.48 bits per heavy atom. The minimum atomic E-state index is -0.729. The van der Waals surface area contributed by atoms with Crippen molar-refractivity contribution >= 4 is 29.9 Å². The predicted octanol–water partition coefficient (Wildman–Crippen LogP) is 3.49. The van der Waals surface area contributed by atoms with Gasteiger partial charge < -0.3 is 25.2 Å². The number of methoxy groups -OCH3 is 2. The number of nitrogens with zero attached hydrogens (tertiary/aromatic N) is 1. The first-order valence-corrected chi connectivity index (χ1v) is 9.49. The molecule has 0 radical (unpaired) electrons. The van der Waals surface area contributed by atoms with Crippen molar-refractivity contribution in [2.45, 2.75) is 45.6 Å². The van der Waals surface area contributed by atoms with E-state index in [2.05, 4.69) is 17.6 Å². The Morgan fingerprint density at radius 1 is 1.22 bits per heavy atom. The van der Waals surface area contributed by atoms with Crippen LogP contribution in [0.4, 0.5) is 0 Å². The molecule has 1 fully saturated rings. The normalized spacial score (nSPS) is 16.6. The standard InChI is InChI=1S/C20H33N3O3.HI/c1-5-20(10-7-11-20)14-23-19(21-6-2)22-13-17(24)16-12-15(25-3)8-9-18(16)26-4;/h8-9,12,17,24H,5-7,10-11,13-14H2,1-4H3,(H2,21,22,23);1H. The van der Waals surface area contributed by atoms with Crippen molar-refractivity contribution in [3.05, 3.63) is 23.8 Å². The van der Waals surface area contributed by atoms with E-state index in [4.69, 9.17) is 14.5 Å². The summed E-state index contributed by atoms with van der Waals surface area (Å²) in [6.07, 6.45) is 4.26. The smallest absolute Gasteiger partial charge is 0.191 e. The number of aliphatic hydroxyl groups is 1. The Balaban J connectivity index is 0.00000364. The molecule has 0 bridgehead atoms. The highest BCUT2D eigenvalue weighted by Crippen LogP contribution is 2.43. The van der Waals surface area contributed by atoms with Gasteiger partial charge in [-0.15, -0.1) is 24.0 Å². The van der Waals surface area contributed by atoms with E-state index in [1.165, 1.54) is 25.7 Å². The highest BCUT2D eigenvalue weighted by atomic mass is 127. The van der Waals surface area contributed by atoms with E-state index in [9.17, 15) is 5.11 Å². The molecule has 27 heavy (non-hydrogen) atoms. The lowest BCUT2D eigenvalue weighted by Crippen LogP contribution is -2.41. The molecular formula is C20H34IN3O3. The fourth-order valence-corrected chi connectivity index (χ4v) is 3.29. The summed E-state index contributed by atoms with van der Waals surface area (Å²) < 4.78 is 10.6. The number of halogens is 1. The van der Waals surface area contributed by atoms with Crippen molar-refractivity contribution in [3.63, 3.8) is 0 Å². The lowest BCUT2D eigenvalue weighted by atomic mass is 9.67. The summed E-state index contributed by atoms with van der Waals surface area (Å²) in [5.74, 6) is 2.07. The van der Waals surface area contributed by atoms with Crippen LogP contribution in [0.25, 0.3) is 0 Å². The molecule has 1 atom stereocenters. The van der Waals surface area contributed by atoms with Gasteiger partial charge in [0.2, 0.25) is 0 Å². The predicted molar refractivity (Wildman–Crippen MR) is 120 cm³/mol. The number of guanidine groups is 1. The van der Waals surface area contributed by atoms with Gasteiger partial charge in [0.15, 0.2) is 5.96 Å². The molecule has 3 N–H and O–H groups in total. The minimum Gasteiger partial charge on any atom is -0.497 e. The van der Waals surface area contributed by atoms with E-state index >= 15 is 0 Å². The molecule has 7 heteroatoms. The first-order valence-electron chi connectivity index (χ1n) is 9.49. The Morgan fingerprint density at radius 2 is 1.96 bits per heavy atom. The molecule has 0 spiro atoms.